The van der Waals surface area contributed by atoms with Crippen molar-refractivity contribution >= 4 is 11.6 Å². The van der Waals surface area contributed by atoms with Gasteiger partial charge in [-0.15, -0.1) is 0 Å². The van der Waals surface area contributed by atoms with Crippen molar-refractivity contribution in [2.24, 2.45) is 0 Å². The number of pyridine rings is 1. The molecule has 3 heterocycles. The summed E-state index contributed by atoms with van der Waals surface area (Å²) in [6, 6.07) is 3.44. The predicted molar refractivity (Wildman–Crippen MR) is 98.0 cm³/mol. The summed E-state index contributed by atoms with van der Waals surface area (Å²) in [7, 11) is 1.51. The van der Waals surface area contributed by atoms with Gasteiger partial charge in [0, 0.05) is 12.1 Å². The Morgan fingerprint density at radius 3 is 2.73 bits per heavy atom. The molecule has 1 aliphatic heterocycles. The molecule has 2 aromatic heterocycles. The first kappa shape index (κ1) is 18.1. The summed E-state index contributed by atoms with van der Waals surface area (Å²) in [5, 5.41) is 6.01. The molecule has 138 valence electrons. The number of piperidine rings is 1. The molecular weight excluding hydrogens is 334 g/mol. The number of nitrogens with one attached hydrogen (secondary N) is 2. The lowest BCUT2D eigenvalue weighted by Gasteiger charge is -2.22. The third-order valence-electron chi connectivity index (χ3n) is 4.67. The molecule has 1 saturated heterocycles. The van der Waals surface area contributed by atoms with E-state index in [4.69, 9.17) is 9.15 Å². The van der Waals surface area contributed by atoms with E-state index in [1.54, 1.807) is 32.2 Å². The maximum atomic E-state index is 12.7. The van der Waals surface area contributed by atoms with Crippen LogP contribution in [0, 0.1) is 13.8 Å². The average Bonchev–Trinajstić information content (AvgIpc) is 2.62. The largest absolute Gasteiger partial charge is 0.493 e. The number of methoxy groups -OCH3 is 1. The average molecular weight is 357 g/mol. The van der Waals surface area contributed by atoms with Gasteiger partial charge in [-0.25, -0.2) is 4.79 Å². The van der Waals surface area contributed by atoms with Crippen LogP contribution < -0.4 is 21.0 Å². The molecule has 0 aromatic carbocycles. The lowest BCUT2D eigenvalue weighted by molar-refractivity contribution is 0.102. The summed E-state index contributed by atoms with van der Waals surface area (Å²) in [5.74, 6) is 0.816. The minimum absolute atomic E-state index is 0.0132. The number of rotatable bonds is 4. The molecular formula is C19H23N3O4. The summed E-state index contributed by atoms with van der Waals surface area (Å²) in [5.41, 5.74) is 1.12. The Morgan fingerprint density at radius 2 is 2.08 bits per heavy atom. The lowest BCUT2D eigenvalue weighted by Crippen LogP contribution is -2.28. The first-order valence-corrected chi connectivity index (χ1v) is 8.67. The zero-order valence-electron chi connectivity index (χ0n) is 15.2. The molecule has 0 bridgehead atoms. The lowest BCUT2D eigenvalue weighted by atomic mass is 9.94. The molecule has 1 aliphatic rings. The van der Waals surface area contributed by atoms with E-state index in [0.717, 1.165) is 25.9 Å². The van der Waals surface area contributed by atoms with Crippen molar-refractivity contribution in [2.75, 3.05) is 25.5 Å². The van der Waals surface area contributed by atoms with Crippen molar-refractivity contribution in [1.29, 1.82) is 0 Å². The monoisotopic (exact) mass is 357 g/mol. The molecule has 0 atom stereocenters. The molecule has 1 amide bonds. The zero-order valence-corrected chi connectivity index (χ0v) is 15.2. The molecule has 0 unspecified atom stereocenters. The van der Waals surface area contributed by atoms with E-state index in [1.165, 1.54) is 7.11 Å². The van der Waals surface area contributed by atoms with Crippen molar-refractivity contribution in [2.45, 2.75) is 32.6 Å². The fraction of sp³-hybridized carbons (Fsp3) is 0.421. The van der Waals surface area contributed by atoms with Crippen LogP contribution >= 0.6 is 0 Å². The minimum atomic E-state index is -0.610. The number of hydrogen-bond donors (Lipinski definition) is 2. The first-order valence-electron chi connectivity index (χ1n) is 8.67. The number of carbonyl (C=O) groups is 1. The number of aryl methyl sites for hydroxylation is 2. The van der Waals surface area contributed by atoms with Crippen LogP contribution in [0.4, 0.5) is 5.69 Å². The Balaban J connectivity index is 1.88. The molecule has 3 rings (SSSR count). The van der Waals surface area contributed by atoms with Gasteiger partial charge in [0.25, 0.3) is 5.91 Å². The number of nitrogens with zero attached hydrogens (tertiary/aromatic N) is 1. The van der Waals surface area contributed by atoms with Gasteiger partial charge in [0.15, 0.2) is 5.75 Å². The fourth-order valence-electron chi connectivity index (χ4n) is 3.31. The number of aromatic nitrogens is 1. The second-order valence-corrected chi connectivity index (χ2v) is 6.45. The Kier molecular flexibility index (Phi) is 5.37. The number of anilines is 1. The Hall–Kier alpha value is -2.67. The Labute approximate surface area is 151 Å². The van der Waals surface area contributed by atoms with Crippen molar-refractivity contribution < 1.29 is 13.9 Å². The molecule has 0 saturated carbocycles. The first-order chi connectivity index (χ1) is 12.5. The SMILES string of the molecule is COc1c(NC(=O)c2c(C)cc(C3CCNCC3)oc2=O)ccnc1C. The van der Waals surface area contributed by atoms with Crippen molar-refractivity contribution in [3.05, 3.63) is 51.3 Å². The third kappa shape index (κ3) is 3.62. The van der Waals surface area contributed by atoms with Crippen LogP contribution in [0.3, 0.4) is 0 Å². The summed E-state index contributed by atoms with van der Waals surface area (Å²) in [4.78, 5) is 29.3. The van der Waals surface area contributed by atoms with Crippen LogP contribution in [0.25, 0.3) is 0 Å². The molecule has 7 nitrogen and oxygen atoms in total. The maximum Gasteiger partial charge on any atom is 0.349 e. The van der Waals surface area contributed by atoms with E-state index in [0.29, 0.717) is 28.5 Å². The van der Waals surface area contributed by atoms with Gasteiger partial charge >= 0.3 is 5.63 Å². The molecule has 2 N–H and O–H groups in total. The Bertz CT molecular complexity index is 870. The number of hydrogen-bond acceptors (Lipinski definition) is 6. The van der Waals surface area contributed by atoms with Crippen LogP contribution in [0.5, 0.6) is 5.75 Å². The smallest absolute Gasteiger partial charge is 0.349 e. The molecule has 2 aromatic rings. The quantitative estimate of drug-likeness (QED) is 0.873. The van der Waals surface area contributed by atoms with Crippen LogP contribution in [0.2, 0.25) is 0 Å². The topological polar surface area (TPSA) is 93.5 Å². The van der Waals surface area contributed by atoms with Crippen molar-refractivity contribution in [3.63, 3.8) is 0 Å². The molecule has 0 spiro atoms. The highest BCUT2D eigenvalue weighted by Gasteiger charge is 2.23. The van der Waals surface area contributed by atoms with Crippen LogP contribution in [0.15, 0.2) is 27.5 Å². The van der Waals surface area contributed by atoms with Gasteiger partial charge < -0.3 is 19.8 Å². The summed E-state index contributed by atoms with van der Waals surface area (Å²) >= 11 is 0. The molecule has 0 radical (unpaired) electrons. The van der Waals surface area contributed by atoms with Gasteiger partial charge in [-0.2, -0.15) is 0 Å². The van der Waals surface area contributed by atoms with Crippen molar-refractivity contribution in [3.8, 4) is 5.75 Å². The van der Waals surface area contributed by atoms with Gasteiger partial charge in [0.2, 0.25) is 0 Å². The molecule has 1 fully saturated rings. The van der Waals surface area contributed by atoms with Gasteiger partial charge in [-0.3, -0.25) is 9.78 Å². The second kappa shape index (κ2) is 7.70. The number of amides is 1. The van der Waals surface area contributed by atoms with Gasteiger partial charge in [0.1, 0.15) is 11.3 Å². The minimum Gasteiger partial charge on any atom is -0.493 e. The number of carbonyl (C=O) groups excluding carboxylic acids is 1. The predicted octanol–water partition coefficient (Wildman–Crippen LogP) is 2.38. The Morgan fingerprint density at radius 1 is 1.35 bits per heavy atom. The van der Waals surface area contributed by atoms with Gasteiger partial charge in [0.05, 0.1) is 18.5 Å². The van der Waals surface area contributed by atoms with Crippen LogP contribution in [-0.4, -0.2) is 31.1 Å². The summed E-state index contributed by atoms with van der Waals surface area (Å²) in [6.45, 7) is 5.33. The highest BCUT2D eigenvalue weighted by Crippen LogP contribution is 2.28. The zero-order chi connectivity index (χ0) is 18.7. The fourth-order valence-corrected chi connectivity index (χ4v) is 3.31. The standard InChI is InChI=1S/C19H23N3O4/c1-11-10-15(13-4-7-20-8-5-13)26-19(24)16(11)18(23)22-14-6-9-21-12(2)17(14)25-3/h6,9-10,13,20H,4-5,7-8H2,1-3H3,(H,21,22,23). The van der Waals surface area contributed by atoms with E-state index < -0.39 is 11.5 Å². The van der Waals surface area contributed by atoms with E-state index in [1.807, 2.05) is 0 Å². The van der Waals surface area contributed by atoms with Crippen LogP contribution in [0.1, 0.15) is 46.1 Å². The highest BCUT2D eigenvalue weighted by atomic mass is 16.5. The maximum absolute atomic E-state index is 12.7. The van der Waals surface area contributed by atoms with Crippen molar-refractivity contribution in [1.82, 2.24) is 10.3 Å². The van der Waals surface area contributed by atoms with E-state index >= 15 is 0 Å². The third-order valence-corrected chi connectivity index (χ3v) is 4.67. The van der Waals surface area contributed by atoms with E-state index in [-0.39, 0.29) is 11.5 Å². The van der Waals surface area contributed by atoms with E-state index in [9.17, 15) is 9.59 Å². The van der Waals surface area contributed by atoms with Gasteiger partial charge in [-0.1, -0.05) is 0 Å². The summed E-state index contributed by atoms with van der Waals surface area (Å²) in [6.07, 6.45) is 3.41. The normalized spacial score (nSPS) is 14.9. The molecule has 0 aliphatic carbocycles. The van der Waals surface area contributed by atoms with Gasteiger partial charge in [-0.05, 0) is 57.5 Å². The molecule has 26 heavy (non-hydrogen) atoms. The number of ether oxygens (including phenoxy) is 1. The second-order valence-electron chi connectivity index (χ2n) is 6.45. The summed E-state index contributed by atoms with van der Waals surface area (Å²) < 4.78 is 10.8. The highest BCUT2D eigenvalue weighted by molar-refractivity contribution is 6.05. The van der Waals surface area contributed by atoms with E-state index in [2.05, 4.69) is 15.6 Å². The van der Waals surface area contributed by atoms with Crippen LogP contribution in [-0.2, 0) is 0 Å². The molecule has 7 heteroatoms.